The third-order valence-corrected chi connectivity index (χ3v) is 6.27. The minimum atomic E-state index is -0.397. The summed E-state index contributed by atoms with van der Waals surface area (Å²) in [7, 11) is 1.65. The Bertz CT molecular complexity index is 1550. The zero-order valence-electron chi connectivity index (χ0n) is 20.5. The second-order valence-electron chi connectivity index (χ2n) is 8.65. The van der Waals surface area contributed by atoms with Crippen molar-refractivity contribution in [3.05, 3.63) is 120 Å². The fourth-order valence-corrected chi connectivity index (χ4v) is 4.41. The van der Waals surface area contributed by atoms with Crippen molar-refractivity contribution in [3.63, 3.8) is 0 Å². The van der Waals surface area contributed by atoms with Gasteiger partial charge in [0.1, 0.15) is 17.2 Å². The first kappa shape index (κ1) is 23.9. The summed E-state index contributed by atoms with van der Waals surface area (Å²) in [4.78, 5) is 13.1. The first-order valence-corrected chi connectivity index (χ1v) is 12.1. The molecule has 0 fully saturated rings. The maximum absolute atomic E-state index is 13.1. The molecule has 0 aliphatic heterocycles. The van der Waals surface area contributed by atoms with Gasteiger partial charge in [0.25, 0.3) is 5.91 Å². The Morgan fingerprint density at radius 3 is 2.51 bits per heavy atom. The van der Waals surface area contributed by atoms with E-state index in [1.165, 1.54) is 0 Å². The van der Waals surface area contributed by atoms with Crippen LogP contribution in [0, 0.1) is 0 Å². The molecule has 1 amide bonds. The predicted molar refractivity (Wildman–Crippen MR) is 148 cm³/mol. The van der Waals surface area contributed by atoms with Crippen molar-refractivity contribution in [2.24, 2.45) is 0 Å². The molecular formula is C32H27NO4. The number of aromatic hydroxyl groups is 1. The number of para-hydroxylation sites is 1. The number of carbonyl (C=O) groups excluding carboxylic acids is 1. The van der Waals surface area contributed by atoms with Gasteiger partial charge in [-0.05, 0) is 57.8 Å². The molecule has 5 aromatic rings. The van der Waals surface area contributed by atoms with Gasteiger partial charge in [0.15, 0.2) is 0 Å². The molecule has 2 N–H and O–H groups in total. The number of rotatable bonds is 8. The van der Waals surface area contributed by atoms with Gasteiger partial charge in [-0.15, -0.1) is 0 Å². The number of methoxy groups -OCH3 is 1. The van der Waals surface area contributed by atoms with E-state index in [0.29, 0.717) is 24.5 Å². The van der Waals surface area contributed by atoms with Crippen molar-refractivity contribution < 1.29 is 19.4 Å². The number of fused-ring (bicyclic) bond motifs is 1. The summed E-state index contributed by atoms with van der Waals surface area (Å²) in [5.74, 6) is 0.996. The van der Waals surface area contributed by atoms with Crippen LogP contribution in [0.5, 0.6) is 17.2 Å². The van der Waals surface area contributed by atoms with Crippen LogP contribution in [0.25, 0.3) is 21.9 Å². The molecule has 37 heavy (non-hydrogen) atoms. The molecule has 5 aromatic carbocycles. The highest BCUT2D eigenvalue weighted by atomic mass is 16.5. The van der Waals surface area contributed by atoms with E-state index in [0.717, 1.165) is 33.2 Å². The fourth-order valence-electron chi connectivity index (χ4n) is 4.41. The lowest BCUT2D eigenvalue weighted by Gasteiger charge is -2.12. The van der Waals surface area contributed by atoms with Gasteiger partial charge in [0, 0.05) is 18.2 Å². The van der Waals surface area contributed by atoms with Crippen molar-refractivity contribution in [3.8, 4) is 28.4 Å². The second kappa shape index (κ2) is 10.9. The normalized spacial score (nSPS) is 10.7. The molecular weight excluding hydrogens is 462 g/mol. The molecule has 0 aliphatic carbocycles. The molecule has 0 aliphatic rings. The number of nitrogens with one attached hydrogen (secondary N) is 1. The highest BCUT2D eigenvalue weighted by molar-refractivity contribution is 6.07. The average Bonchev–Trinajstić information content (AvgIpc) is 2.93. The SMILES string of the molecule is COc1ccccc1CCOc1cccc(NC(=O)c2cc(-c3cccc4ccccc34)ccc2O)c1. The van der Waals surface area contributed by atoms with Crippen LogP contribution in [0.3, 0.4) is 0 Å². The predicted octanol–water partition coefficient (Wildman–Crippen LogP) is 7.09. The summed E-state index contributed by atoms with van der Waals surface area (Å²) < 4.78 is 11.3. The minimum absolute atomic E-state index is 0.0781. The van der Waals surface area contributed by atoms with Gasteiger partial charge in [-0.1, -0.05) is 72.8 Å². The number of hydrogen-bond donors (Lipinski definition) is 2. The van der Waals surface area contributed by atoms with Crippen molar-refractivity contribution >= 4 is 22.4 Å². The Kier molecular flexibility index (Phi) is 7.04. The summed E-state index contributed by atoms with van der Waals surface area (Å²) >= 11 is 0. The Labute approximate surface area is 215 Å². The maximum Gasteiger partial charge on any atom is 0.259 e. The van der Waals surface area contributed by atoms with Gasteiger partial charge in [-0.2, -0.15) is 0 Å². The van der Waals surface area contributed by atoms with Gasteiger partial charge >= 0.3 is 0 Å². The minimum Gasteiger partial charge on any atom is -0.507 e. The topological polar surface area (TPSA) is 67.8 Å². The van der Waals surface area contributed by atoms with Gasteiger partial charge < -0.3 is 19.9 Å². The van der Waals surface area contributed by atoms with Crippen LogP contribution in [-0.4, -0.2) is 24.7 Å². The first-order valence-electron chi connectivity index (χ1n) is 12.1. The average molecular weight is 490 g/mol. The van der Waals surface area contributed by atoms with Crippen LogP contribution in [-0.2, 0) is 6.42 Å². The number of phenols is 1. The number of anilines is 1. The number of amides is 1. The van der Waals surface area contributed by atoms with Crippen molar-refractivity contribution in [2.45, 2.75) is 6.42 Å². The first-order chi connectivity index (χ1) is 18.1. The van der Waals surface area contributed by atoms with Gasteiger partial charge in [0.05, 0.1) is 19.3 Å². The van der Waals surface area contributed by atoms with E-state index in [2.05, 4.69) is 23.5 Å². The molecule has 0 bridgehead atoms. The Hall–Kier alpha value is -4.77. The van der Waals surface area contributed by atoms with Gasteiger partial charge in [-0.25, -0.2) is 0 Å². The fraction of sp³-hybridized carbons (Fsp3) is 0.0938. The molecule has 0 saturated heterocycles. The van der Waals surface area contributed by atoms with Gasteiger partial charge in [-0.3, -0.25) is 4.79 Å². The zero-order chi connectivity index (χ0) is 25.6. The quantitative estimate of drug-likeness (QED) is 0.244. The van der Waals surface area contributed by atoms with E-state index in [-0.39, 0.29) is 11.3 Å². The molecule has 5 heteroatoms. The van der Waals surface area contributed by atoms with E-state index in [1.54, 1.807) is 31.4 Å². The molecule has 184 valence electrons. The summed E-state index contributed by atoms with van der Waals surface area (Å²) in [6, 6.07) is 34.3. The lowest BCUT2D eigenvalue weighted by Crippen LogP contribution is -2.12. The van der Waals surface area contributed by atoms with E-state index < -0.39 is 5.91 Å². The number of hydrogen-bond acceptors (Lipinski definition) is 4. The van der Waals surface area contributed by atoms with Crippen molar-refractivity contribution in [1.82, 2.24) is 0 Å². The third kappa shape index (κ3) is 5.41. The van der Waals surface area contributed by atoms with Crippen LogP contribution < -0.4 is 14.8 Å². The summed E-state index contributed by atoms with van der Waals surface area (Å²) in [5, 5.41) is 15.5. The maximum atomic E-state index is 13.1. The van der Waals surface area contributed by atoms with E-state index in [1.807, 2.05) is 66.7 Å². The molecule has 0 spiro atoms. The van der Waals surface area contributed by atoms with E-state index in [4.69, 9.17) is 9.47 Å². The summed E-state index contributed by atoms with van der Waals surface area (Å²) in [6.45, 7) is 0.464. The lowest BCUT2D eigenvalue weighted by molar-refractivity contribution is 0.102. The molecule has 0 aromatic heterocycles. The third-order valence-electron chi connectivity index (χ3n) is 6.27. The molecule has 0 atom stereocenters. The van der Waals surface area contributed by atoms with Crippen LogP contribution >= 0.6 is 0 Å². The molecule has 0 saturated carbocycles. The number of carbonyl (C=O) groups is 1. The smallest absolute Gasteiger partial charge is 0.259 e. The van der Waals surface area contributed by atoms with Crippen LogP contribution in [0.4, 0.5) is 5.69 Å². The molecule has 0 unspecified atom stereocenters. The van der Waals surface area contributed by atoms with E-state index >= 15 is 0 Å². The van der Waals surface area contributed by atoms with Crippen molar-refractivity contribution in [2.75, 3.05) is 19.0 Å². The monoisotopic (exact) mass is 489 g/mol. The Morgan fingerprint density at radius 1 is 0.838 bits per heavy atom. The molecule has 0 radical (unpaired) electrons. The Balaban J connectivity index is 1.31. The molecule has 0 heterocycles. The second-order valence-corrected chi connectivity index (χ2v) is 8.65. The van der Waals surface area contributed by atoms with Gasteiger partial charge in [0.2, 0.25) is 0 Å². The number of ether oxygens (including phenoxy) is 2. The molecule has 5 rings (SSSR count). The summed E-state index contributed by atoms with van der Waals surface area (Å²) in [5.41, 5.74) is 3.70. The largest absolute Gasteiger partial charge is 0.507 e. The van der Waals surface area contributed by atoms with Crippen molar-refractivity contribution in [1.29, 1.82) is 0 Å². The van der Waals surface area contributed by atoms with E-state index in [9.17, 15) is 9.90 Å². The zero-order valence-corrected chi connectivity index (χ0v) is 20.5. The highest BCUT2D eigenvalue weighted by Gasteiger charge is 2.14. The summed E-state index contributed by atoms with van der Waals surface area (Å²) in [6.07, 6.45) is 0.690. The molecule has 5 nitrogen and oxygen atoms in total. The van der Waals surface area contributed by atoms with Crippen LogP contribution in [0.1, 0.15) is 15.9 Å². The number of benzene rings is 5. The Morgan fingerprint density at radius 2 is 1.62 bits per heavy atom. The highest BCUT2D eigenvalue weighted by Crippen LogP contribution is 2.32. The van der Waals surface area contributed by atoms with Crippen LogP contribution in [0.2, 0.25) is 0 Å². The standard InChI is InChI=1S/C32H27NO4/c1-36-31-15-5-3-9-23(31)18-19-37-26-12-7-11-25(21-26)33-32(35)29-20-24(16-17-30(29)34)28-14-6-10-22-8-2-4-13-27(22)28/h2-17,20-21,34H,18-19H2,1H3,(H,33,35). The van der Waals surface area contributed by atoms with Crippen LogP contribution in [0.15, 0.2) is 109 Å². The lowest BCUT2D eigenvalue weighted by atomic mass is 9.96. The number of phenolic OH excluding ortho intramolecular Hbond substituents is 1.